The summed E-state index contributed by atoms with van der Waals surface area (Å²) in [7, 11) is 1.63. The van der Waals surface area contributed by atoms with Gasteiger partial charge in [-0.1, -0.05) is 0 Å². The normalized spacial score (nSPS) is 14.4. The van der Waals surface area contributed by atoms with Gasteiger partial charge in [0.1, 0.15) is 5.60 Å². The Hall–Kier alpha value is -1.85. The first-order valence-corrected chi connectivity index (χ1v) is 6.58. The topological polar surface area (TPSA) is 68.2 Å². The number of hydrogen-bond donors (Lipinski definition) is 0. The molecule has 6 heteroatoms. The lowest BCUT2D eigenvalue weighted by Gasteiger charge is -2.24. The molecule has 6 nitrogen and oxygen atoms in total. The van der Waals surface area contributed by atoms with Crippen molar-refractivity contribution in [3.05, 3.63) is 11.6 Å². The molecule has 1 aliphatic rings. The van der Waals surface area contributed by atoms with E-state index in [0.717, 1.165) is 0 Å². The maximum atomic E-state index is 11.8. The number of hydrogen-bond acceptors (Lipinski definition) is 5. The largest absolute Gasteiger partial charge is 0.463 e. The third-order valence-corrected chi connectivity index (χ3v) is 2.44. The van der Waals surface area contributed by atoms with E-state index in [1.165, 1.54) is 4.90 Å². The molecular weight excluding hydrogens is 260 g/mol. The molecular formula is C14H22N2O4. The summed E-state index contributed by atoms with van der Waals surface area (Å²) < 4.78 is 10.1. The Morgan fingerprint density at radius 2 is 2.05 bits per heavy atom. The highest BCUT2D eigenvalue weighted by Gasteiger charge is 2.22. The molecule has 0 aliphatic carbocycles. The molecule has 1 heterocycles. The summed E-state index contributed by atoms with van der Waals surface area (Å²) in [5.74, 6) is -0.355. The molecule has 0 unspecified atom stereocenters. The average molecular weight is 282 g/mol. The minimum Gasteiger partial charge on any atom is -0.463 e. The molecule has 0 aromatic heterocycles. The fourth-order valence-corrected chi connectivity index (χ4v) is 1.57. The van der Waals surface area contributed by atoms with Gasteiger partial charge in [-0.2, -0.15) is 0 Å². The Labute approximate surface area is 119 Å². The lowest BCUT2D eigenvalue weighted by Crippen LogP contribution is -2.36. The summed E-state index contributed by atoms with van der Waals surface area (Å²) >= 11 is 0. The summed E-state index contributed by atoms with van der Waals surface area (Å²) in [6, 6.07) is 0. The number of nitrogens with zero attached hydrogens (tertiary/aromatic N) is 2. The van der Waals surface area contributed by atoms with Crippen molar-refractivity contribution in [1.82, 2.24) is 4.90 Å². The van der Waals surface area contributed by atoms with E-state index < -0.39 is 11.7 Å². The fraction of sp³-hybridized carbons (Fsp3) is 0.643. The zero-order valence-corrected chi connectivity index (χ0v) is 12.7. The van der Waals surface area contributed by atoms with Crippen LogP contribution in [0.1, 0.15) is 27.7 Å². The molecule has 0 saturated carbocycles. The van der Waals surface area contributed by atoms with Gasteiger partial charge in [0.05, 0.1) is 31.0 Å². The maximum absolute atomic E-state index is 11.8. The van der Waals surface area contributed by atoms with Crippen LogP contribution in [0, 0.1) is 0 Å². The van der Waals surface area contributed by atoms with Crippen molar-refractivity contribution in [2.45, 2.75) is 33.3 Å². The van der Waals surface area contributed by atoms with E-state index in [0.29, 0.717) is 31.0 Å². The van der Waals surface area contributed by atoms with Crippen LogP contribution in [0.15, 0.2) is 16.6 Å². The van der Waals surface area contributed by atoms with Crippen LogP contribution in [0.5, 0.6) is 0 Å². The van der Waals surface area contributed by atoms with Gasteiger partial charge >= 0.3 is 12.1 Å². The Kier molecular flexibility index (Phi) is 5.30. The van der Waals surface area contributed by atoms with Crippen molar-refractivity contribution in [3.8, 4) is 0 Å². The van der Waals surface area contributed by atoms with Crippen LogP contribution in [0.25, 0.3) is 0 Å². The maximum Gasteiger partial charge on any atom is 0.410 e. The van der Waals surface area contributed by atoms with Crippen LogP contribution >= 0.6 is 0 Å². The van der Waals surface area contributed by atoms with Gasteiger partial charge in [-0.25, -0.2) is 9.59 Å². The van der Waals surface area contributed by atoms with Crippen LogP contribution < -0.4 is 0 Å². The predicted molar refractivity (Wildman–Crippen MR) is 75.9 cm³/mol. The fourth-order valence-electron chi connectivity index (χ4n) is 1.57. The van der Waals surface area contributed by atoms with Crippen LogP contribution in [-0.4, -0.2) is 55.0 Å². The van der Waals surface area contributed by atoms with Crippen LogP contribution in [0.3, 0.4) is 0 Å². The lowest BCUT2D eigenvalue weighted by atomic mass is 10.2. The number of aliphatic imine (C=N–C) groups is 1. The van der Waals surface area contributed by atoms with Crippen LogP contribution in [0.4, 0.5) is 4.79 Å². The number of ether oxygens (including phenoxy) is 2. The van der Waals surface area contributed by atoms with E-state index in [1.54, 1.807) is 20.0 Å². The van der Waals surface area contributed by atoms with Crippen molar-refractivity contribution in [3.63, 3.8) is 0 Å². The van der Waals surface area contributed by atoms with Crippen molar-refractivity contribution < 1.29 is 19.1 Å². The Bertz CT molecular complexity index is 447. The molecule has 1 amide bonds. The SMILES string of the molecule is CCOC(=O)C1=CC(CN(C)C(=O)OC(C)(C)C)=NC1. The summed E-state index contributed by atoms with van der Waals surface area (Å²) in [5, 5.41) is 0. The van der Waals surface area contributed by atoms with Crippen molar-refractivity contribution in [1.29, 1.82) is 0 Å². The van der Waals surface area contributed by atoms with Crippen LogP contribution in [-0.2, 0) is 14.3 Å². The van der Waals surface area contributed by atoms with Gasteiger partial charge in [-0.3, -0.25) is 4.99 Å². The quantitative estimate of drug-likeness (QED) is 0.737. The third-order valence-electron chi connectivity index (χ3n) is 2.44. The van der Waals surface area contributed by atoms with E-state index in [4.69, 9.17) is 9.47 Å². The number of amides is 1. The molecule has 1 rings (SSSR count). The van der Waals surface area contributed by atoms with Crippen molar-refractivity contribution in [2.24, 2.45) is 4.99 Å². The molecule has 0 aromatic rings. The smallest absolute Gasteiger partial charge is 0.410 e. The van der Waals surface area contributed by atoms with Gasteiger partial charge in [0.25, 0.3) is 0 Å². The highest BCUT2D eigenvalue weighted by molar-refractivity contribution is 6.07. The summed E-state index contributed by atoms with van der Waals surface area (Å²) in [4.78, 5) is 29.0. The second kappa shape index (κ2) is 6.54. The highest BCUT2D eigenvalue weighted by Crippen LogP contribution is 2.11. The predicted octanol–water partition coefficient (Wildman–Crippen LogP) is 1.80. The third kappa shape index (κ3) is 5.03. The van der Waals surface area contributed by atoms with E-state index >= 15 is 0 Å². The Balaban J connectivity index is 2.54. The molecule has 0 atom stereocenters. The molecule has 0 spiro atoms. The minimum absolute atomic E-state index is 0.302. The van der Waals surface area contributed by atoms with E-state index in [1.807, 2.05) is 20.8 Å². The lowest BCUT2D eigenvalue weighted by molar-refractivity contribution is -0.138. The van der Waals surface area contributed by atoms with Gasteiger partial charge in [-0.05, 0) is 33.8 Å². The molecule has 20 heavy (non-hydrogen) atoms. The molecule has 0 fully saturated rings. The Morgan fingerprint density at radius 3 is 2.60 bits per heavy atom. The molecule has 0 saturated heterocycles. The second-order valence-electron chi connectivity index (χ2n) is 5.53. The Morgan fingerprint density at radius 1 is 1.40 bits per heavy atom. The first-order chi connectivity index (χ1) is 9.23. The molecule has 0 N–H and O–H groups in total. The number of carbonyl (C=O) groups excluding carboxylic acids is 2. The molecule has 112 valence electrons. The van der Waals surface area contributed by atoms with Gasteiger partial charge in [-0.15, -0.1) is 0 Å². The number of esters is 1. The van der Waals surface area contributed by atoms with E-state index in [-0.39, 0.29) is 5.97 Å². The average Bonchev–Trinajstić information content (AvgIpc) is 2.75. The minimum atomic E-state index is -0.533. The molecule has 0 bridgehead atoms. The van der Waals surface area contributed by atoms with Gasteiger partial charge < -0.3 is 14.4 Å². The number of carbonyl (C=O) groups is 2. The molecule has 0 aromatic carbocycles. The second-order valence-corrected chi connectivity index (χ2v) is 5.53. The monoisotopic (exact) mass is 282 g/mol. The van der Waals surface area contributed by atoms with Crippen molar-refractivity contribution >= 4 is 17.8 Å². The summed E-state index contributed by atoms with van der Waals surface area (Å²) in [5.41, 5.74) is 0.648. The highest BCUT2D eigenvalue weighted by atomic mass is 16.6. The number of rotatable bonds is 4. The first-order valence-electron chi connectivity index (χ1n) is 6.58. The summed E-state index contributed by atoms with van der Waals surface area (Å²) in [6.07, 6.45) is 1.25. The zero-order chi connectivity index (χ0) is 15.3. The van der Waals surface area contributed by atoms with Crippen molar-refractivity contribution in [2.75, 3.05) is 26.7 Å². The van der Waals surface area contributed by atoms with Gasteiger partial charge in [0.2, 0.25) is 0 Å². The van der Waals surface area contributed by atoms with E-state index in [9.17, 15) is 9.59 Å². The summed E-state index contributed by atoms with van der Waals surface area (Å²) in [6.45, 7) is 8.13. The molecule has 0 radical (unpaired) electrons. The van der Waals surface area contributed by atoms with E-state index in [2.05, 4.69) is 4.99 Å². The van der Waals surface area contributed by atoms with Gasteiger partial charge in [0, 0.05) is 7.05 Å². The zero-order valence-electron chi connectivity index (χ0n) is 12.7. The van der Waals surface area contributed by atoms with Crippen LogP contribution in [0.2, 0.25) is 0 Å². The van der Waals surface area contributed by atoms with Gasteiger partial charge in [0.15, 0.2) is 0 Å². The first kappa shape index (κ1) is 16.2. The molecule has 1 aliphatic heterocycles. The standard InChI is InChI=1S/C14H22N2O4/c1-6-19-12(17)10-7-11(15-8-10)9-16(5)13(18)20-14(2,3)4/h7H,6,8-9H2,1-5H3.